The third-order valence-corrected chi connectivity index (χ3v) is 6.08. The fourth-order valence-corrected chi connectivity index (χ4v) is 4.08. The SMILES string of the molecule is O=[N+]([O-])C(N=Nc1ccc2ccccc2c1Br)=NNc1ccc2ccccc2c1Br. The molecule has 0 fully saturated rings. The Kier molecular flexibility index (Phi) is 5.82. The summed E-state index contributed by atoms with van der Waals surface area (Å²) in [6.45, 7) is 0. The molecule has 0 spiro atoms. The maximum absolute atomic E-state index is 11.4. The summed E-state index contributed by atoms with van der Waals surface area (Å²) in [4.78, 5) is 10.7. The molecule has 1 N–H and O–H groups in total. The first-order chi connectivity index (χ1) is 14.5. The Morgan fingerprint density at radius 3 is 2.10 bits per heavy atom. The average molecular weight is 527 g/mol. The summed E-state index contributed by atoms with van der Waals surface area (Å²) in [5.74, 6) is -0.657. The molecule has 0 radical (unpaired) electrons. The molecule has 4 aromatic carbocycles. The molecule has 0 heterocycles. The van der Waals surface area contributed by atoms with Crippen molar-refractivity contribution in [2.75, 3.05) is 5.43 Å². The van der Waals surface area contributed by atoms with Crippen LogP contribution in [0.3, 0.4) is 0 Å². The first-order valence-electron chi connectivity index (χ1n) is 8.79. The van der Waals surface area contributed by atoms with E-state index < -0.39 is 10.9 Å². The zero-order valence-corrected chi connectivity index (χ0v) is 18.5. The van der Waals surface area contributed by atoms with Gasteiger partial charge in [-0.2, -0.15) is 0 Å². The van der Waals surface area contributed by atoms with Crippen molar-refractivity contribution in [3.63, 3.8) is 0 Å². The zero-order valence-electron chi connectivity index (χ0n) is 15.3. The number of benzene rings is 4. The maximum Gasteiger partial charge on any atom is 0.511 e. The summed E-state index contributed by atoms with van der Waals surface area (Å²) in [6, 6.07) is 22.8. The second-order valence-corrected chi connectivity index (χ2v) is 7.83. The number of hydrogen-bond acceptors (Lipinski definition) is 5. The highest BCUT2D eigenvalue weighted by molar-refractivity contribution is 9.11. The number of rotatable bonds is 3. The van der Waals surface area contributed by atoms with Crippen LogP contribution in [0, 0.1) is 10.1 Å². The van der Waals surface area contributed by atoms with E-state index in [0.29, 0.717) is 15.8 Å². The van der Waals surface area contributed by atoms with Gasteiger partial charge in [-0.15, -0.1) is 0 Å². The predicted octanol–water partition coefficient (Wildman–Crippen LogP) is 7.26. The summed E-state index contributed by atoms with van der Waals surface area (Å²) in [5, 5.41) is 26.9. The number of fused-ring (bicyclic) bond motifs is 2. The normalized spacial score (nSPS) is 12.0. The Labute approximate surface area is 187 Å². The summed E-state index contributed by atoms with van der Waals surface area (Å²) >= 11 is 7.01. The highest BCUT2D eigenvalue weighted by atomic mass is 79.9. The number of nitro groups is 1. The molecule has 0 saturated carbocycles. The molecule has 0 aliphatic heterocycles. The number of anilines is 1. The average Bonchev–Trinajstić information content (AvgIpc) is 2.76. The smallest absolute Gasteiger partial charge is 0.390 e. The Morgan fingerprint density at radius 1 is 0.833 bits per heavy atom. The van der Waals surface area contributed by atoms with Crippen LogP contribution in [0.1, 0.15) is 0 Å². The van der Waals surface area contributed by atoms with E-state index >= 15 is 0 Å². The minimum Gasteiger partial charge on any atom is -0.390 e. The standard InChI is InChI=1S/C21H13Br2N5O2/c22-19-15-7-3-1-5-13(15)9-11-17(19)24-26-21(28(29)30)27-25-18-12-10-14-6-2-4-8-16(14)20(18)23/h1-12,24H. The number of halogens is 2. The van der Waals surface area contributed by atoms with Crippen molar-refractivity contribution in [2.45, 2.75) is 0 Å². The van der Waals surface area contributed by atoms with Gasteiger partial charge in [0.1, 0.15) is 5.69 Å². The van der Waals surface area contributed by atoms with Gasteiger partial charge in [-0.25, -0.2) is 5.43 Å². The first kappa shape index (κ1) is 20.1. The van der Waals surface area contributed by atoms with Gasteiger partial charge in [0.05, 0.1) is 19.7 Å². The third-order valence-electron chi connectivity index (χ3n) is 4.39. The molecule has 0 aliphatic rings. The molecule has 0 aromatic heterocycles. The summed E-state index contributed by atoms with van der Waals surface area (Å²) in [7, 11) is 0. The van der Waals surface area contributed by atoms with Crippen molar-refractivity contribution < 1.29 is 4.92 Å². The van der Waals surface area contributed by atoms with Crippen molar-refractivity contribution in [1.82, 2.24) is 0 Å². The van der Waals surface area contributed by atoms with Gasteiger partial charge >= 0.3 is 5.96 Å². The largest absolute Gasteiger partial charge is 0.511 e. The molecule has 0 aliphatic carbocycles. The van der Waals surface area contributed by atoms with Crippen LogP contribution >= 0.6 is 31.9 Å². The molecular formula is C21H13Br2N5O2. The van der Waals surface area contributed by atoms with Gasteiger partial charge in [0, 0.05) is 5.10 Å². The molecule has 30 heavy (non-hydrogen) atoms. The monoisotopic (exact) mass is 525 g/mol. The molecule has 0 atom stereocenters. The van der Waals surface area contributed by atoms with Crippen LogP contribution in [0.5, 0.6) is 0 Å². The summed E-state index contributed by atoms with van der Waals surface area (Å²) in [5.41, 5.74) is 3.75. The first-order valence-corrected chi connectivity index (χ1v) is 10.4. The molecule has 4 aromatic rings. The number of hydrogen-bond donors (Lipinski definition) is 1. The number of hydrazone groups is 1. The molecule has 7 nitrogen and oxygen atoms in total. The van der Waals surface area contributed by atoms with E-state index in [9.17, 15) is 10.1 Å². The molecule has 0 unspecified atom stereocenters. The second kappa shape index (κ2) is 8.68. The summed E-state index contributed by atoms with van der Waals surface area (Å²) in [6.07, 6.45) is 0. The fourth-order valence-electron chi connectivity index (χ4n) is 2.93. The number of azo groups is 1. The van der Waals surface area contributed by atoms with Gasteiger partial charge in [-0.3, -0.25) is 0 Å². The lowest BCUT2D eigenvalue weighted by atomic mass is 10.1. The van der Waals surface area contributed by atoms with Crippen molar-refractivity contribution in [3.8, 4) is 0 Å². The molecule has 148 valence electrons. The molecule has 4 rings (SSSR count). The lowest BCUT2D eigenvalue weighted by molar-refractivity contribution is -0.352. The Balaban J connectivity index is 1.63. The van der Waals surface area contributed by atoms with Crippen molar-refractivity contribution in [1.29, 1.82) is 0 Å². The molecule has 0 amide bonds. The highest BCUT2D eigenvalue weighted by Gasteiger charge is 2.15. The Bertz CT molecular complexity index is 1340. The number of nitrogens with one attached hydrogen (secondary N) is 1. The Hall–Kier alpha value is -3.17. The van der Waals surface area contributed by atoms with Gasteiger partial charge < -0.3 is 10.1 Å². The van der Waals surface area contributed by atoms with E-state index in [2.05, 4.69) is 52.6 Å². The lowest BCUT2D eigenvalue weighted by Crippen LogP contribution is -2.10. The third kappa shape index (κ3) is 4.07. The molecule has 0 bridgehead atoms. The van der Waals surface area contributed by atoms with Gasteiger partial charge in [0.25, 0.3) is 0 Å². The van der Waals surface area contributed by atoms with Crippen molar-refractivity contribution in [3.05, 3.63) is 91.9 Å². The van der Waals surface area contributed by atoms with Crippen LogP contribution in [-0.2, 0) is 0 Å². The van der Waals surface area contributed by atoms with Crippen LogP contribution < -0.4 is 5.43 Å². The topological polar surface area (TPSA) is 92.2 Å². The number of nitrogens with zero attached hydrogens (tertiary/aromatic N) is 4. The lowest BCUT2D eigenvalue weighted by Gasteiger charge is -2.05. The molecule has 9 heteroatoms. The number of guanidine groups is 1. The van der Waals surface area contributed by atoms with Crippen LogP contribution in [0.2, 0.25) is 0 Å². The minimum absolute atomic E-state index is 0.468. The van der Waals surface area contributed by atoms with Crippen LogP contribution in [0.15, 0.2) is 97.1 Å². The zero-order chi connectivity index (χ0) is 21.1. The Morgan fingerprint density at radius 2 is 1.43 bits per heavy atom. The molecular weight excluding hydrogens is 514 g/mol. The second-order valence-electron chi connectivity index (χ2n) is 6.25. The van der Waals surface area contributed by atoms with E-state index in [0.717, 1.165) is 26.0 Å². The van der Waals surface area contributed by atoms with Gasteiger partial charge in [0.2, 0.25) is 0 Å². The van der Waals surface area contributed by atoms with Crippen molar-refractivity contribution in [2.24, 2.45) is 15.3 Å². The van der Waals surface area contributed by atoms with Gasteiger partial charge in [0.15, 0.2) is 0 Å². The van der Waals surface area contributed by atoms with Gasteiger partial charge in [-0.1, -0.05) is 65.8 Å². The highest BCUT2D eigenvalue weighted by Crippen LogP contribution is 2.34. The van der Waals surface area contributed by atoms with Gasteiger partial charge in [-0.05, 0) is 70.5 Å². The minimum atomic E-state index is -0.694. The summed E-state index contributed by atoms with van der Waals surface area (Å²) < 4.78 is 1.46. The van der Waals surface area contributed by atoms with E-state index in [1.165, 1.54) is 0 Å². The maximum atomic E-state index is 11.4. The predicted molar refractivity (Wildman–Crippen MR) is 126 cm³/mol. The van der Waals surface area contributed by atoms with E-state index in [-0.39, 0.29) is 0 Å². The fraction of sp³-hybridized carbons (Fsp3) is 0. The van der Waals surface area contributed by atoms with Crippen LogP contribution in [0.4, 0.5) is 11.4 Å². The van der Waals surface area contributed by atoms with E-state index in [1.54, 1.807) is 12.1 Å². The van der Waals surface area contributed by atoms with E-state index in [1.807, 2.05) is 60.7 Å². The quantitative estimate of drug-likeness (QED) is 0.1000. The van der Waals surface area contributed by atoms with Crippen molar-refractivity contribution >= 4 is 70.7 Å². The molecule has 0 saturated heterocycles. The van der Waals surface area contributed by atoms with Crippen LogP contribution in [0.25, 0.3) is 21.5 Å². The van der Waals surface area contributed by atoms with Crippen LogP contribution in [-0.4, -0.2) is 10.9 Å². The van der Waals surface area contributed by atoms with E-state index in [4.69, 9.17) is 0 Å².